The number of alkyl halides is 3. The number of pyridine rings is 1. The van der Waals surface area contributed by atoms with E-state index in [1.807, 2.05) is 24.3 Å². The number of hydrogen-bond donors (Lipinski definition) is 2. The number of H-pyrrole nitrogens is 1. The van der Waals surface area contributed by atoms with Crippen LogP contribution >= 0.6 is 0 Å². The molecule has 2 aromatic heterocycles. The molecule has 0 radical (unpaired) electrons. The van der Waals surface area contributed by atoms with Gasteiger partial charge in [0, 0.05) is 12.4 Å². The molecule has 23 heavy (non-hydrogen) atoms. The van der Waals surface area contributed by atoms with Crippen molar-refractivity contribution in [1.29, 1.82) is 0 Å². The number of imidazole rings is 1. The van der Waals surface area contributed by atoms with Gasteiger partial charge >= 0.3 is 6.18 Å². The van der Waals surface area contributed by atoms with E-state index in [2.05, 4.69) is 15.0 Å². The van der Waals surface area contributed by atoms with Crippen LogP contribution in [0.4, 0.5) is 13.2 Å². The first kappa shape index (κ1) is 15.5. The zero-order chi connectivity index (χ0) is 16.6. The van der Waals surface area contributed by atoms with E-state index >= 15 is 0 Å². The molecule has 0 spiro atoms. The maximum Gasteiger partial charge on any atom is 0.393 e. The number of aromatic nitrogens is 3. The van der Waals surface area contributed by atoms with E-state index in [0.717, 1.165) is 18.1 Å². The summed E-state index contributed by atoms with van der Waals surface area (Å²) in [6.45, 7) is 1.06. The molecule has 3 N–H and O–H groups in total. The largest absolute Gasteiger partial charge is 0.393 e. The summed E-state index contributed by atoms with van der Waals surface area (Å²) < 4.78 is 38.4. The van der Waals surface area contributed by atoms with E-state index in [0.29, 0.717) is 11.0 Å². The van der Waals surface area contributed by atoms with Gasteiger partial charge in [-0.3, -0.25) is 4.98 Å². The van der Waals surface area contributed by atoms with Gasteiger partial charge in [-0.15, -0.1) is 0 Å². The van der Waals surface area contributed by atoms with Crippen molar-refractivity contribution in [3.8, 4) is 11.1 Å². The zero-order valence-corrected chi connectivity index (χ0v) is 12.3. The molecule has 2 unspecified atom stereocenters. The smallest absolute Gasteiger partial charge is 0.341 e. The Morgan fingerprint density at radius 1 is 1.09 bits per heavy atom. The van der Waals surface area contributed by atoms with E-state index in [-0.39, 0.29) is 5.82 Å². The fourth-order valence-corrected chi connectivity index (χ4v) is 2.35. The second-order valence-electron chi connectivity index (χ2n) is 5.45. The van der Waals surface area contributed by atoms with Gasteiger partial charge in [0.05, 0.1) is 23.0 Å². The zero-order valence-electron chi connectivity index (χ0n) is 12.3. The van der Waals surface area contributed by atoms with Crippen molar-refractivity contribution >= 4 is 11.0 Å². The molecule has 120 valence electrons. The summed E-state index contributed by atoms with van der Waals surface area (Å²) in [5.74, 6) is -1.54. The molecule has 3 rings (SSSR count). The highest BCUT2D eigenvalue weighted by molar-refractivity contribution is 5.81. The molecule has 0 saturated carbocycles. The fraction of sp³-hybridized carbons (Fsp3) is 0.250. The second-order valence-corrected chi connectivity index (χ2v) is 5.45. The fourth-order valence-electron chi connectivity index (χ4n) is 2.35. The summed E-state index contributed by atoms with van der Waals surface area (Å²) in [4.78, 5) is 11.1. The van der Waals surface area contributed by atoms with Crippen molar-refractivity contribution in [1.82, 2.24) is 15.0 Å². The van der Waals surface area contributed by atoms with Crippen LogP contribution in [0, 0.1) is 5.92 Å². The summed E-state index contributed by atoms with van der Waals surface area (Å²) in [6, 6.07) is 7.95. The maximum atomic E-state index is 12.8. The van der Waals surface area contributed by atoms with Crippen molar-refractivity contribution in [3.63, 3.8) is 0 Å². The average molecular weight is 320 g/mol. The summed E-state index contributed by atoms with van der Waals surface area (Å²) in [5.41, 5.74) is 8.84. The Morgan fingerprint density at radius 3 is 2.43 bits per heavy atom. The van der Waals surface area contributed by atoms with Crippen LogP contribution in [-0.4, -0.2) is 21.1 Å². The lowest BCUT2D eigenvalue weighted by atomic mass is 10.0. The molecule has 0 saturated heterocycles. The van der Waals surface area contributed by atoms with E-state index < -0.39 is 18.1 Å². The second kappa shape index (κ2) is 5.66. The first-order valence-electron chi connectivity index (χ1n) is 7.08. The van der Waals surface area contributed by atoms with Gasteiger partial charge in [-0.25, -0.2) is 4.98 Å². The monoisotopic (exact) mass is 320 g/mol. The number of benzene rings is 1. The minimum Gasteiger partial charge on any atom is -0.341 e. The van der Waals surface area contributed by atoms with Gasteiger partial charge in [0.15, 0.2) is 0 Å². The summed E-state index contributed by atoms with van der Waals surface area (Å²) in [5, 5.41) is 0. The Kier molecular flexibility index (Phi) is 3.81. The molecule has 7 heteroatoms. The lowest BCUT2D eigenvalue weighted by Crippen LogP contribution is -2.32. The maximum absolute atomic E-state index is 12.8. The Bertz CT molecular complexity index is 811. The van der Waals surface area contributed by atoms with Crippen molar-refractivity contribution in [2.24, 2.45) is 11.7 Å². The van der Waals surface area contributed by atoms with Gasteiger partial charge in [0.2, 0.25) is 0 Å². The Labute approximate surface area is 130 Å². The van der Waals surface area contributed by atoms with Gasteiger partial charge in [-0.1, -0.05) is 13.0 Å². The number of aromatic amines is 1. The third-order valence-electron chi connectivity index (χ3n) is 3.88. The van der Waals surface area contributed by atoms with Gasteiger partial charge in [0.1, 0.15) is 5.82 Å². The van der Waals surface area contributed by atoms with E-state index in [1.54, 1.807) is 18.5 Å². The van der Waals surface area contributed by atoms with Crippen molar-refractivity contribution < 1.29 is 13.2 Å². The lowest BCUT2D eigenvalue weighted by Gasteiger charge is -2.20. The average Bonchev–Trinajstić information content (AvgIpc) is 2.96. The van der Waals surface area contributed by atoms with Crippen LogP contribution in [0.2, 0.25) is 0 Å². The SMILES string of the molecule is CC(C(N)c1nc2ccc(-c3ccncc3)cc2[nH]1)C(F)(F)F. The van der Waals surface area contributed by atoms with E-state index in [9.17, 15) is 13.2 Å². The molecule has 2 heterocycles. The molecule has 1 aromatic carbocycles. The molecule has 0 aliphatic rings. The third-order valence-corrected chi connectivity index (χ3v) is 3.88. The minimum atomic E-state index is -4.36. The summed E-state index contributed by atoms with van der Waals surface area (Å²) >= 11 is 0. The standard InChI is InChI=1S/C16H15F3N4/c1-9(16(17,18)19)14(20)15-22-12-3-2-11(8-13(12)23-15)10-4-6-21-7-5-10/h2-9,14H,20H2,1H3,(H,22,23). The number of fused-ring (bicyclic) bond motifs is 1. The Balaban J connectivity index is 1.97. The highest BCUT2D eigenvalue weighted by Crippen LogP contribution is 2.34. The molecule has 0 aliphatic heterocycles. The van der Waals surface area contributed by atoms with E-state index in [1.165, 1.54) is 0 Å². The molecule has 0 aliphatic carbocycles. The molecule has 0 bridgehead atoms. The van der Waals surface area contributed by atoms with Crippen LogP contribution in [0.15, 0.2) is 42.7 Å². The van der Waals surface area contributed by atoms with Gasteiger partial charge < -0.3 is 10.7 Å². The number of nitrogens with zero attached hydrogens (tertiary/aromatic N) is 2. The molecule has 2 atom stereocenters. The van der Waals surface area contributed by atoms with Crippen molar-refractivity contribution in [2.45, 2.75) is 19.1 Å². The predicted octanol–water partition coefficient (Wildman–Crippen LogP) is 3.82. The molecule has 3 aromatic rings. The Morgan fingerprint density at radius 2 is 1.78 bits per heavy atom. The summed E-state index contributed by atoms with van der Waals surface area (Å²) in [6.07, 6.45) is -1.00. The van der Waals surface area contributed by atoms with Gasteiger partial charge in [0.25, 0.3) is 0 Å². The quantitative estimate of drug-likeness (QED) is 0.771. The molecule has 0 amide bonds. The van der Waals surface area contributed by atoms with Gasteiger partial charge in [-0.2, -0.15) is 13.2 Å². The first-order valence-corrected chi connectivity index (χ1v) is 7.08. The topological polar surface area (TPSA) is 67.6 Å². The third kappa shape index (κ3) is 3.05. The molecule has 4 nitrogen and oxygen atoms in total. The van der Waals surface area contributed by atoms with Gasteiger partial charge in [-0.05, 0) is 35.4 Å². The highest BCUT2D eigenvalue weighted by atomic mass is 19.4. The molecule has 0 fully saturated rings. The minimum absolute atomic E-state index is 0.136. The lowest BCUT2D eigenvalue weighted by molar-refractivity contribution is -0.175. The number of halogens is 3. The first-order chi connectivity index (χ1) is 10.9. The van der Waals surface area contributed by atoms with Crippen LogP contribution in [0.25, 0.3) is 22.2 Å². The number of rotatable bonds is 3. The van der Waals surface area contributed by atoms with E-state index in [4.69, 9.17) is 5.73 Å². The number of nitrogens with one attached hydrogen (secondary N) is 1. The van der Waals surface area contributed by atoms with Crippen LogP contribution in [0.1, 0.15) is 18.8 Å². The van der Waals surface area contributed by atoms with Crippen LogP contribution in [-0.2, 0) is 0 Å². The molecular formula is C16H15F3N4. The van der Waals surface area contributed by atoms with Crippen LogP contribution in [0.5, 0.6) is 0 Å². The van der Waals surface area contributed by atoms with Crippen molar-refractivity contribution in [2.75, 3.05) is 0 Å². The molecular weight excluding hydrogens is 305 g/mol. The normalized spacial score (nSPS) is 14.8. The number of nitrogens with two attached hydrogens (primary N) is 1. The van der Waals surface area contributed by atoms with Crippen LogP contribution < -0.4 is 5.73 Å². The number of hydrogen-bond acceptors (Lipinski definition) is 3. The highest BCUT2D eigenvalue weighted by Gasteiger charge is 2.41. The Hall–Kier alpha value is -2.41. The van der Waals surface area contributed by atoms with Crippen molar-refractivity contribution in [3.05, 3.63) is 48.5 Å². The summed E-state index contributed by atoms with van der Waals surface area (Å²) in [7, 11) is 0. The van der Waals surface area contributed by atoms with Crippen LogP contribution in [0.3, 0.4) is 0 Å². The predicted molar refractivity (Wildman–Crippen MR) is 81.5 cm³/mol.